The van der Waals surface area contributed by atoms with Gasteiger partial charge in [-0.25, -0.2) is 0 Å². The number of hydrogen-bond acceptors (Lipinski definition) is 3. The number of rotatable bonds is 8. The van der Waals surface area contributed by atoms with Crippen LogP contribution in [-0.4, -0.2) is 13.2 Å². The van der Waals surface area contributed by atoms with Crippen molar-refractivity contribution in [2.24, 2.45) is 5.41 Å². The van der Waals surface area contributed by atoms with E-state index in [0.717, 1.165) is 24.3 Å². The second-order valence-electron chi connectivity index (χ2n) is 5.95. The van der Waals surface area contributed by atoms with Gasteiger partial charge in [-0.05, 0) is 58.4 Å². The first-order valence-corrected chi connectivity index (χ1v) is 7.84. The number of nitriles is 1. The minimum absolute atomic E-state index is 0.183. The molecule has 0 aliphatic carbocycles. The third-order valence-electron chi connectivity index (χ3n) is 3.43. The largest absolute Gasteiger partial charge is 0.493 e. The zero-order chi connectivity index (χ0) is 15.9. The maximum atomic E-state index is 9.03. The summed E-state index contributed by atoms with van der Waals surface area (Å²) in [4.78, 5) is 0. The Hall–Kier alpha value is -1.24. The zero-order valence-electron chi connectivity index (χ0n) is 13.4. The molecule has 0 aromatic heterocycles. The first-order valence-electron chi connectivity index (χ1n) is 7.46. The van der Waals surface area contributed by atoms with Crippen LogP contribution in [0.4, 0.5) is 0 Å². The monoisotopic (exact) mass is 308 g/mol. The van der Waals surface area contributed by atoms with Gasteiger partial charge in [0, 0.05) is 16.6 Å². The Bertz CT molecular complexity index is 494. The molecule has 1 unspecified atom stereocenters. The fourth-order valence-electron chi connectivity index (χ4n) is 1.93. The molecule has 1 aromatic rings. The number of halogens is 1. The summed E-state index contributed by atoms with van der Waals surface area (Å²) in [7, 11) is 0. The van der Waals surface area contributed by atoms with Crippen LogP contribution < -0.4 is 10.1 Å². The predicted molar refractivity (Wildman–Crippen MR) is 87.7 cm³/mol. The molecule has 0 saturated carbocycles. The van der Waals surface area contributed by atoms with Crippen molar-refractivity contribution >= 4 is 11.6 Å². The molecule has 21 heavy (non-hydrogen) atoms. The number of benzene rings is 1. The highest BCUT2D eigenvalue weighted by Gasteiger charge is 2.17. The van der Waals surface area contributed by atoms with Crippen LogP contribution in [0, 0.1) is 16.7 Å². The Balaban J connectivity index is 2.75. The molecule has 0 heterocycles. The van der Waals surface area contributed by atoms with Crippen molar-refractivity contribution in [1.29, 1.82) is 5.26 Å². The molecule has 0 saturated heterocycles. The van der Waals surface area contributed by atoms with Crippen LogP contribution in [0.2, 0.25) is 5.02 Å². The normalized spacial score (nSPS) is 12.8. The Kier molecular flexibility index (Phi) is 7.01. The molecule has 1 atom stereocenters. The first kappa shape index (κ1) is 17.8. The molecule has 0 fully saturated rings. The van der Waals surface area contributed by atoms with E-state index >= 15 is 0 Å². The lowest BCUT2D eigenvalue weighted by atomic mass is 9.92. The summed E-state index contributed by atoms with van der Waals surface area (Å²) < 4.78 is 5.88. The van der Waals surface area contributed by atoms with Gasteiger partial charge in [0.1, 0.15) is 5.75 Å². The molecule has 1 aromatic carbocycles. The molecule has 0 amide bonds. The van der Waals surface area contributed by atoms with Gasteiger partial charge in [-0.2, -0.15) is 5.26 Å². The van der Waals surface area contributed by atoms with E-state index in [1.165, 1.54) is 0 Å². The van der Waals surface area contributed by atoms with E-state index in [4.69, 9.17) is 21.6 Å². The summed E-state index contributed by atoms with van der Waals surface area (Å²) in [6, 6.07) is 8.16. The first-order chi connectivity index (χ1) is 9.89. The molecule has 1 rings (SSSR count). The quantitative estimate of drug-likeness (QED) is 0.756. The van der Waals surface area contributed by atoms with Gasteiger partial charge in [0.25, 0.3) is 0 Å². The summed E-state index contributed by atoms with van der Waals surface area (Å²) in [5, 5.41) is 13.2. The third-order valence-corrected chi connectivity index (χ3v) is 3.66. The highest BCUT2D eigenvalue weighted by molar-refractivity contribution is 6.30. The number of ether oxygens (including phenoxy) is 1. The Morgan fingerprint density at radius 1 is 1.43 bits per heavy atom. The Morgan fingerprint density at radius 3 is 2.76 bits per heavy atom. The predicted octanol–water partition coefficient (Wildman–Crippen LogP) is 4.72. The summed E-state index contributed by atoms with van der Waals surface area (Å²) >= 11 is 6.10. The number of nitrogens with one attached hydrogen (secondary N) is 1. The van der Waals surface area contributed by atoms with Crippen molar-refractivity contribution in [2.75, 3.05) is 13.2 Å². The lowest BCUT2D eigenvalue weighted by molar-refractivity contribution is 0.260. The van der Waals surface area contributed by atoms with Crippen molar-refractivity contribution in [1.82, 2.24) is 5.32 Å². The van der Waals surface area contributed by atoms with Crippen molar-refractivity contribution in [3.8, 4) is 11.8 Å². The molecule has 4 heteroatoms. The highest BCUT2D eigenvalue weighted by atomic mass is 35.5. The van der Waals surface area contributed by atoms with Crippen molar-refractivity contribution in [3.05, 3.63) is 28.8 Å². The summed E-state index contributed by atoms with van der Waals surface area (Å²) in [5.41, 5.74) is 0.698. The molecule has 0 bridgehead atoms. The molecule has 3 nitrogen and oxygen atoms in total. The van der Waals surface area contributed by atoms with Crippen LogP contribution in [0.3, 0.4) is 0 Å². The van der Waals surface area contributed by atoms with Crippen LogP contribution in [0.5, 0.6) is 5.75 Å². The fourth-order valence-corrected chi connectivity index (χ4v) is 2.11. The van der Waals surface area contributed by atoms with E-state index in [1.807, 2.05) is 32.0 Å². The number of nitrogens with zero attached hydrogens (tertiary/aromatic N) is 1. The molecule has 0 radical (unpaired) electrons. The topological polar surface area (TPSA) is 45.0 Å². The lowest BCUT2D eigenvalue weighted by Gasteiger charge is -2.20. The van der Waals surface area contributed by atoms with E-state index in [-0.39, 0.29) is 11.5 Å². The average Bonchev–Trinajstić information content (AvgIpc) is 2.46. The summed E-state index contributed by atoms with van der Waals surface area (Å²) in [6.07, 6.45) is 1.78. The standard InChI is InChI=1S/C17H25ClN2O/c1-5-9-20-13(2)15-11-14(18)6-7-16(15)21-10-8-17(3,4)12-19/h6-7,11,13,20H,5,8-10H2,1-4H3. The molecule has 0 aliphatic heterocycles. The summed E-state index contributed by atoms with van der Waals surface area (Å²) in [6.45, 7) is 9.56. The van der Waals surface area contributed by atoms with Crippen molar-refractivity contribution in [2.45, 2.75) is 46.6 Å². The minimum atomic E-state index is -0.362. The maximum Gasteiger partial charge on any atom is 0.124 e. The molecule has 0 spiro atoms. The van der Waals surface area contributed by atoms with Gasteiger partial charge in [0.15, 0.2) is 0 Å². The second kappa shape index (κ2) is 8.26. The minimum Gasteiger partial charge on any atom is -0.493 e. The van der Waals surface area contributed by atoms with Gasteiger partial charge in [0.2, 0.25) is 0 Å². The maximum absolute atomic E-state index is 9.03. The Labute approximate surface area is 133 Å². The fraction of sp³-hybridized carbons (Fsp3) is 0.588. The zero-order valence-corrected chi connectivity index (χ0v) is 14.1. The van der Waals surface area contributed by atoms with Crippen molar-refractivity contribution in [3.63, 3.8) is 0 Å². The van der Waals surface area contributed by atoms with Crippen LogP contribution in [0.1, 0.15) is 52.1 Å². The molecule has 0 aliphatic rings. The van der Waals surface area contributed by atoms with Gasteiger partial charge >= 0.3 is 0 Å². The number of hydrogen-bond donors (Lipinski definition) is 1. The van der Waals surface area contributed by atoms with E-state index in [0.29, 0.717) is 18.1 Å². The van der Waals surface area contributed by atoms with Gasteiger partial charge in [-0.1, -0.05) is 18.5 Å². The lowest BCUT2D eigenvalue weighted by Crippen LogP contribution is -2.20. The van der Waals surface area contributed by atoms with E-state index in [2.05, 4.69) is 25.2 Å². The van der Waals surface area contributed by atoms with Crippen molar-refractivity contribution < 1.29 is 4.74 Å². The van der Waals surface area contributed by atoms with E-state index in [1.54, 1.807) is 0 Å². The molecular weight excluding hydrogens is 284 g/mol. The van der Waals surface area contributed by atoms with Crippen LogP contribution in [-0.2, 0) is 0 Å². The van der Waals surface area contributed by atoms with Gasteiger partial charge in [-0.15, -0.1) is 0 Å². The van der Waals surface area contributed by atoms with Crippen LogP contribution >= 0.6 is 11.6 Å². The van der Waals surface area contributed by atoms with Crippen LogP contribution in [0.25, 0.3) is 0 Å². The van der Waals surface area contributed by atoms with Gasteiger partial charge < -0.3 is 10.1 Å². The Morgan fingerprint density at radius 2 is 2.14 bits per heavy atom. The average molecular weight is 309 g/mol. The summed E-state index contributed by atoms with van der Waals surface area (Å²) in [5.74, 6) is 0.837. The van der Waals surface area contributed by atoms with Gasteiger partial charge in [-0.3, -0.25) is 0 Å². The van der Waals surface area contributed by atoms with E-state index < -0.39 is 0 Å². The smallest absolute Gasteiger partial charge is 0.124 e. The second-order valence-corrected chi connectivity index (χ2v) is 6.39. The molecular formula is C17H25ClN2O. The SMILES string of the molecule is CCCNC(C)c1cc(Cl)ccc1OCCC(C)(C)C#N. The third kappa shape index (κ3) is 5.95. The van der Waals surface area contributed by atoms with E-state index in [9.17, 15) is 0 Å². The molecule has 116 valence electrons. The van der Waals surface area contributed by atoms with Crippen LogP contribution in [0.15, 0.2) is 18.2 Å². The van der Waals surface area contributed by atoms with Gasteiger partial charge in [0.05, 0.1) is 18.1 Å². The highest BCUT2D eigenvalue weighted by Crippen LogP contribution is 2.29. The molecule has 1 N–H and O–H groups in total.